The molecule has 1 aromatic carbocycles. The van der Waals surface area contributed by atoms with Gasteiger partial charge in [-0.25, -0.2) is 4.79 Å². The molecule has 0 aliphatic carbocycles. The lowest BCUT2D eigenvalue weighted by Gasteiger charge is -2.35. The first kappa shape index (κ1) is 13.6. The van der Waals surface area contributed by atoms with Crippen LogP contribution in [0.2, 0.25) is 0 Å². The van der Waals surface area contributed by atoms with Crippen molar-refractivity contribution in [2.75, 3.05) is 6.54 Å². The molecule has 2 rings (SSSR count). The highest BCUT2D eigenvalue weighted by Crippen LogP contribution is 2.33. The van der Waals surface area contributed by atoms with Gasteiger partial charge in [-0.1, -0.05) is 37.3 Å². The van der Waals surface area contributed by atoms with Crippen molar-refractivity contribution in [2.45, 2.75) is 38.1 Å². The molecule has 1 atom stereocenters. The smallest absolute Gasteiger partial charge is 0.329 e. The number of carbonyl (C=O) groups excluding carboxylic acids is 1. The van der Waals surface area contributed by atoms with Crippen molar-refractivity contribution in [3.63, 3.8) is 0 Å². The normalized spacial score (nSPS) is 22.5. The number of benzene rings is 1. The Bertz CT molecular complexity index is 472. The molecule has 1 aliphatic rings. The number of carboxylic acid groups (broad SMARTS) is 1. The van der Waals surface area contributed by atoms with E-state index in [-0.39, 0.29) is 5.91 Å². The van der Waals surface area contributed by atoms with Crippen LogP contribution in [-0.2, 0) is 16.0 Å². The lowest BCUT2D eigenvalue weighted by Crippen LogP contribution is -2.54. The summed E-state index contributed by atoms with van der Waals surface area (Å²) in [5.41, 5.74) is -0.102. The highest BCUT2D eigenvalue weighted by molar-refractivity contribution is 5.88. The molecule has 4 heteroatoms. The van der Waals surface area contributed by atoms with E-state index in [1.54, 1.807) is 11.8 Å². The SMILES string of the molecule is CCC(=O)N1CCC[C@@]1(Cc1ccccc1)C(=O)O. The number of hydrogen-bond acceptors (Lipinski definition) is 2. The van der Waals surface area contributed by atoms with E-state index >= 15 is 0 Å². The second-order valence-electron chi connectivity index (χ2n) is 5.00. The number of rotatable bonds is 4. The summed E-state index contributed by atoms with van der Waals surface area (Å²) in [5.74, 6) is -0.966. The summed E-state index contributed by atoms with van der Waals surface area (Å²) in [6.45, 7) is 2.32. The predicted molar refractivity (Wildman–Crippen MR) is 71.8 cm³/mol. The minimum absolute atomic E-state index is 0.0733. The molecule has 19 heavy (non-hydrogen) atoms. The van der Waals surface area contributed by atoms with Crippen molar-refractivity contribution >= 4 is 11.9 Å². The molecule has 1 aromatic rings. The van der Waals surface area contributed by atoms with Gasteiger partial charge in [0, 0.05) is 19.4 Å². The third kappa shape index (κ3) is 2.48. The van der Waals surface area contributed by atoms with E-state index in [0.717, 1.165) is 12.0 Å². The number of hydrogen-bond donors (Lipinski definition) is 1. The fourth-order valence-electron chi connectivity index (χ4n) is 2.85. The summed E-state index contributed by atoms with van der Waals surface area (Å²) in [4.78, 5) is 25.3. The zero-order chi connectivity index (χ0) is 13.9. The van der Waals surface area contributed by atoms with E-state index in [4.69, 9.17) is 0 Å². The van der Waals surface area contributed by atoms with Gasteiger partial charge in [-0.05, 0) is 18.4 Å². The maximum atomic E-state index is 12.0. The molecule has 1 heterocycles. The van der Waals surface area contributed by atoms with E-state index in [2.05, 4.69) is 0 Å². The lowest BCUT2D eigenvalue weighted by molar-refractivity contribution is -0.156. The summed E-state index contributed by atoms with van der Waals surface area (Å²) in [6.07, 6.45) is 2.02. The Morgan fingerprint density at radius 1 is 1.32 bits per heavy atom. The number of amides is 1. The van der Waals surface area contributed by atoms with Crippen LogP contribution < -0.4 is 0 Å². The van der Waals surface area contributed by atoms with Crippen LogP contribution in [0, 0.1) is 0 Å². The third-order valence-corrected chi connectivity index (χ3v) is 3.83. The first-order chi connectivity index (χ1) is 9.10. The summed E-state index contributed by atoms with van der Waals surface area (Å²) in [6, 6.07) is 9.52. The second kappa shape index (κ2) is 5.43. The topological polar surface area (TPSA) is 57.6 Å². The van der Waals surface area contributed by atoms with E-state index in [9.17, 15) is 14.7 Å². The average molecular weight is 261 g/mol. The Morgan fingerprint density at radius 2 is 2.00 bits per heavy atom. The van der Waals surface area contributed by atoms with Gasteiger partial charge < -0.3 is 10.0 Å². The van der Waals surface area contributed by atoms with Crippen LogP contribution in [0.15, 0.2) is 30.3 Å². The molecule has 0 unspecified atom stereocenters. The van der Waals surface area contributed by atoms with Crippen molar-refractivity contribution in [2.24, 2.45) is 0 Å². The molecule has 102 valence electrons. The van der Waals surface area contributed by atoms with Crippen molar-refractivity contribution in [3.8, 4) is 0 Å². The van der Waals surface area contributed by atoms with Crippen LogP contribution in [0.4, 0.5) is 0 Å². The molecule has 0 saturated carbocycles. The summed E-state index contributed by atoms with van der Waals surface area (Å²) < 4.78 is 0. The summed E-state index contributed by atoms with van der Waals surface area (Å²) in [7, 11) is 0. The summed E-state index contributed by atoms with van der Waals surface area (Å²) >= 11 is 0. The van der Waals surface area contributed by atoms with E-state index in [1.807, 2.05) is 30.3 Å². The van der Waals surface area contributed by atoms with Crippen LogP contribution >= 0.6 is 0 Å². The highest BCUT2D eigenvalue weighted by atomic mass is 16.4. The van der Waals surface area contributed by atoms with Crippen LogP contribution in [0.25, 0.3) is 0 Å². The largest absolute Gasteiger partial charge is 0.479 e. The Labute approximate surface area is 113 Å². The molecule has 1 N–H and O–H groups in total. The van der Waals surface area contributed by atoms with Gasteiger partial charge in [0.25, 0.3) is 0 Å². The molecule has 1 saturated heterocycles. The maximum absolute atomic E-state index is 12.0. The lowest BCUT2D eigenvalue weighted by atomic mass is 9.88. The Balaban J connectivity index is 2.32. The van der Waals surface area contributed by atoms with Gasteiger partial charge in [0.05, 0.1) is 0 Å². The van der Waals surface area contributed by atoms with E-state index < -0.39 is 11.5 Å². The van der Waals surface area contributed by atoms with Gasteiger partial charge >= 0.3 is 5.97 Å². The molecule has 1 aliphatic heterocycles. The monoisotopic (exact) mass is 261 g/mol. The number of likely N-dealkylation sites (tertiary alicyclic amines) is 1. The summed E-state index contributed by atoms with van der Waals surface area (Å²) in [5, 5.41) is 9.65. The Hall–Kier alpha value is -1.84. The molecular weight excluding hydrogens is 242 g/mol. The van der Waals surface area contributed by atoms with E-state index in [1.165, 1.54) is 0 Å². The number of carbonyl (C=O) groups is 2. The second-order valence-corrected chi connectivity index (χ2v) is 5.00. The number of nitrogens with zero attached hydrogens (tertiary/aromatic N) is 1. The maximum Gasteiger partial charge on any atom is 0.329 e. The molecule has 0 radical (unpaired) electrons. The van der Waals surface area contributed by atoms with Gasteiger partial charge in [-0.2, -0.15) is 0 Å². The third-order valence-electron chi connectivity index (χ3n) is 3.83. The fraction of sp³-hybridized carbons (Fsp3) is 0.467. The van der Waals surface area contributed by atoms with Gasteiger partial charge in [0.2, 0.25) is 5.91 Å². The van der Waals surface area contributed by atoms with Crippen molar-refractivity contribution < 1.29 is 14.7 Å². The van der Waals surface area contributed by atoms with Crippen molar-refractivity contribution in [1.82, 2.24) is 4.90 Å². The van der Waals surface area contributed by atoms with Gasteiger partial charge in [-0.15, -0.1) is 0 Å². The zero-order valence-electron chi connectivity index (χ0n) is 11.1. The minimum Gasteiger partial charge on any atom is -0.479 e. The van der Waals surface area contributed by atoms with Crippen LogP contribution in [0.1, 0.15) is 31.7 Å². The van der Waals surface area contributed by atoms with Crippen LogP contribution in [0.5, 0.6) is 0 Å². The standard InChI is InChI=1S/C15H19NO3/c1-2-13(17)16-10-6-9-15(16,14(18)19)11-12-7-4-3-5-8-12/h3-5,7-8H,2,6,9-11H2,1H3,(H,18,19)/t15-/m1/s1. The fourth-order valence-corrected chi connectivity index (χ4v) is 2.85. The first-order valence-corrected chi connectivity index (χ1v) is 6.68. The van der Waals surface area contributed by atoms with Crippen molar-refractivity contribution in [3.05, 3.63) is 35.9 Å². The van der Waals surface area contributed by atoms with Gasteiger partial charge in [0.15, 0.2) is 0 Å². The Kier molecular flexibility index (Phi) is 3.88. The van der Waals surface area contributed by atoms with E-state index in [0.29, 0.717) is 25.8 Å². The van der Waals surface area contributed by atoms with Gasteiger partial charge in [-0.3, -0.25) is 4.79 Å². The number of aliphatic carboxylic acids is 1. The molecule has 0 bridgehead atoms. The molecule has 1 amide bonds. The molecule has 0 aromatic heterocycles. The number of carboxylic acids is 1. The average Bonchev–Trinajstić information content (AvgIpc) is 2.84. The molecule has 4 nitrogen and oxygen atoms in total. The van der Waals surface area contributed by atoms with Crippen molar-refractivity contribution in [1.29, 1.82) is 0 Å². The van der Waals surface area contributed by atoms with Crippen LogP contribution in [-0.4, -0.2) is 34.0 Å². The molecular formula is C15H19NO3. The highest BCUT2D eigenvalue weighted by Gasteiger charge is 2.49. The quantitative estimate of drug-likeness (QED) is 0.902. The molecule has 1 fully saturated rings. The minimum atomic E-state index is -1.06. The van der Waals surface area contributed by atoms with Crippen LogP contribution in [0.3, 0.4) is 0 Å². The Morgan fingerprint density at radius 3 is 2.58 bits per heavy atom. The first-order valence-electron chi connectivity index (χ1n) is 6.68. The predicted octanol–water partition coefficient (Wildman–Crippen LogP) is 2.08. The zero-order valence-corrected chi connectivity index (χ0v) is 11.1. The van der Waals surface area contributed by atoms with Gasteiger partial charge in [0.1, 0.15) is 5.54 Å². The molecule has 0 spiro atoms.